The van der Waals surface area contributed by atoms with Crippen LogP contribution in [0.1, 0.15) is 12.8 Å². The highest BCUT2D eigenvalue weighted by molar-refractivity contribution is 9.10. The number of halogens is 1. The van der Waals surface area contributed by atoms with E-state index < -0.39 is 22.6 Å². The Balaban J connectivity index is 1.57. The van der Waals surface area contributed by atoms with Gasteiger partial charge in [0.05, 0.1) is 15.6 Å². The van der Waals surface area contributed by atoms with E-state index in [9.17, 15) is 13.2 Å². The van der Waals surface area contributed by atoms with Crippen molar-refractivity contribution in [3.8, 4) is 32.6 Å². The number of benzene rings is 1. The van der Waals surface area contributed by atoms with E-state index in [1.165, 1.54) is 21.9 Å². The largest absolute Gasteiger partial charge is 0.490 e. The van der Waals surface area contributed by atoms with Crippen molar-refractivity contribution in [2.24, 2.45) is 0 Å². The van der Waals surface area contributed by atoms with Gasteiger partial charge in [-0.2, -0.15) is 0 Å². The number of aliphatic carboxylic acids is 1. The molecule has 2 aromatic heterocycles. The number of carbonyl (C=O) groups is 1. The van der Waals surface area contributed by atoms with Gasteiger partial charge in [0.25, 0.3) is 0 Å². The van der Waals surface area contributed by atoms with E-state index in [1.807, 2.05) is 24.3 Å². The molecule has 2 N–H and O–H groups in total. The van der Waals surface area contributed by atoms with E-state index in [1.54, 1.807) is 0 Å². The third-order valence-electron chi connectivity index (χ3n) is 4.98. The van der Waals surface area contributed by atoms with E-state index in [4.69, 9.17) is 14.6 Å². The lowest BCUT2D eigenvalue weighted by molar-refractivity contribution is -0.139. The number of carboxylic acids is 1. The molecule has 176 valence electrons. The Kier molecular flexibility index (Phi) is 6.97. The van der Waals surface area contributed by atoms with Gasteiger partial charge >= 0.3 is 5.97 Å². The first kappa shape index (κ1) is 23.6. The summed E-state index contributed by atoms with van der Waals surface area (Å²) in [6, 6.07) is 7.48. The van der Waals surface area contributed by atoms with E-state index >= 15 is 0 Å². The molecule has 1 aromatic carbocycles. The third-order valence-corrected chi connectivity index (χ3v) is 8.53. The molecule has 0 bridgehead atoms. The SMILES string of the molecule is CS(=O)(=O)N1CCC(Oc2cccc(-c3sc(-c4nnn[nH]4)c(OCC(=O)O)c3Br)c2)CC1. The lowest BCUT2D eigenvalue weighted by Crippen LogP contribution is -2.41. The number of hydrogen-bond donors (Lipinski definition) is 2. The molecule has 1 fully saturated rings. The maximum absolute atomic E-state index is 11.7. The summed E-state index contributed by atoms with van der Waals surface area (Å²) in [5.74, 6) is 0.239. The van der Waals surface area contributed by atoms with Crippen LogP contribution in [-0.4, -0.2) is 76.5 Å². The summed E-state index contributed by atoms with van der Waals surface area (Å²) in [7, 11) is -3.19. The summed E-state index contributed by atoms with van der Waals surface area (Å²) < 4.78 is 37.1. The average Bonchev–Trinajstić information content (AvgIpc) is 3.40. The first-order valence-electron chi connectivity index (χ1n) is 9.85. The first-order chi connectivity index (χ1) is 15.7. The molecule has 0 amide bonds. The molecule has 33 heavy (non-hydrogen) atoms. The monoisotopic (exact) mass is 557 g/mol. The van der Waals surface area contributed by atoms with Gasteiger partial charge in [-0.15, -0.1) is 16.4 Å². The number of ether oxygens (including phenoxy) is 2. The van der Waals surface area contributed by atoms with E-state index in [-0.39, 0.29) is 6.10 Å². The number of rotatable bonds is 8. The van der Waals surface area contributed by atoms with Crippen LogP contribution in [0.3, 0.4) is 0 Å². The van der Waals surface area contributed by atoms with Gasteiger partial charge in [0.15, 0.2) is 18.2 Å². The standard InChI is InChI=1S/C19H20BrN5O6S2/c1-33(28,29)25-7-5-12(6-8-25)31-13-4-2-3-11(9-13)17-15(20)16(30-10-14(26)27)18(32-17)19-21-23-24-22-19/h2-4,9,12H,5-8,10H2,1H3,(H,26,27)(H,21,22,23,24). The fraction of sp³-hybridized carbons (Fsp3) is 0.368. The van der Waals surface area contributed by atoms with Gasteiger partial charge in [-0.1, -0.05) is 12.1 Å². The van der Waals surface area contributed by atoms with Gasteiger partial charge in [0, 0.05) is 13.1 Å². The van der Waals surface area contributed by atoms with Crippen molar-refractivity contribution in [2.75, 3.05) is 26.0 Å². The zero-order valence-corrected chi connectivity index (χ0v) is 20.6. The van der Waals surface area contributed by atoms with Gasteiger partial charge in [-0.25, -0.2) is 22.6 Å². The Morgan fingerprint density at radius 3 is 2.73 bits per heavy atom. The number of nitrogens with zero attached hydrogens (tertiary/aromatic N) is 4. The number of piperidine rings is 1. The number of nitrogens with one attached hydrogen (secondary N) is 1. The minimum Gasteiger partial charge on any atom is -0.490 e. The number of aromatic nitrogens is 4. The van der Waals surface area contributed by atoms with Crippen LogP contribution < -0.4 is 9.47 Å². The predicted octanol–water partition coefficient (Wildman–Crippen LogP) is 2.62. The molecule has 3 heterocycles. The van der Waals surface area contributed by atoms with E-state index in [0.717, 1.165) is 10.4 Å². The summed E-state index contributed by atoms with van der Waals surface area (Å²) in [4.78, 5) is 12.4. The summed E-state index contributed by atoms with van der Waals surface area (Å²) in [5, 5.41) is 22.8. The van der Waals surface area contributed by atoms with Gasteiger partial charge in [-0.3, -0.25) is 0 Å². The minimum atomic E-state index is -3.19. The van der Waals surface area contributed by atoms with Gasteiger partial charge in [-0.05, 0) is 56.9 Å². The highest BCUT2D eigenvalue weighted by atomic mass is 79.9. The normalized spacial score (nSPS) is 15.5. The van der Waals surface area contributed by atoms with Gasteiger partial charge < -0.3 is 14.6 Å². The molecule has 1 aliphatic rings. The van der Waals surface area contributed by atoms with Crippen molar-refractivity contribution < 1.29 is 27.8 Å². The summed E-state index contributed by atoms with van der Waals surface area (Å²) >= 11 is 4.87. The number of thiophene rings is 1. The fourth-order valence-corrected chi connectivity index (χ4v) is 6.30. The molecule has 0 spiro atoms. The second-order valence-corrected chi connectivity index (χ2v) is 11.1. The van der Waals surface area contributed by atoms with Crippen molar-refractivity contribution >= 4 is 43.3 Å². The van der Waals surface area contributed by atoms with Crippen molar-refractivity contribution in [2.45, 2.75) is 18.9 Å². The van der Waals surface area contributed by atoms with Crippen LogP contribution in [0.15, 0.2) is 28.7 Å². The quantitative estimate of drug-likeness (QED) is 0.426. The number of aromatic amines is 1. The summed E-state index contributed by atoms with van der Waals surface area (Å²) in [6.07, 6.45) is 2.34. The third kappa shape index (κ3) is 5.51. The molecule has 0 aliphatic carbocycles. The predicted molar refractivity (Wildman–Crippen MR) is 124 cm³/mol. The second-order valence-electron chi connectivity index (χ2n) is 7.34. The van der Waals surface area contributed by atoms with Crippen molar-refractivity contribution in [3.05, 3.63) is 28.7 Å². The van der Waals surface area contributed by atoms with Crippen LogP contribution in [0.25, 0.3) is 21.1 Å². The van der Waals surface area contributed by atoms with Crippen LogP contribution in [0.2, 0.25) is 0 Å². The fourth-order valence-electron chi connectivity index (χ4n) is 3.44. The average molecular weight is 558 g/mol. The highest BCUT2D eigenvalue weighted by Crippen LogP contribution is 2.49. The lowest BCUT2D eigenvalue weighted by atomic mass is 10.1. The summed E-state index contributed by atoms with van der Waals surface area (Å²) in [5.41, 5.74) is 0.830. The van der Waals surface area contributed by atoms with Gasteiger partial charge in [0.2, 0.25) is 10.0 Å². The molecule has 0 radical (unpaired) electrons. The Bertz CT molecular complexity index is 1240. The second kappa shape index (κ2) is 9.75. The molecular weight excluding hydrogens is 538 g/mol. The van der Waals surface area contributed by atoms with Crippen LogP contribution >= 0.6 is 27.3 Å². The molecule has 14 heteroatoms. The molecular formula is C19H20BrN5O6S2. The van der Waals surface area contributed by atoms with Crippen LogP contribution in [0.5, 0.6) is 11.5 Å². The number of carboxylic acid groups (broad SMARTS) is 1. The minimum absolute atomic E-state index is 0.0877. The number of H-pyrrole nitrogens is 1. The Labute approximate surface area is 201 Å². The number of hydrogen-bond acceptors (Lipinski definition) is 9. The van der Waals surface area contributed by atoms with Crippen molar-refractivity contribution in [3.63, 3.8) is 0 Å². The Morgan fingerprint density at radius 2 is 2.09 bits per heavy atom. The molecule has 3 aromatic rings. The van der Waals surface area contributed by atoms with Crippen LogP contribution in [0.4, 0.5) is 0 Å². The smallest absolute Gasteiger partial charge is 0.341 e. The highest BCUT2D eigenvalue weighted by Gasteiger charge is 2.27. The maximum Gasteiger partial charge on any atom is 0.341 e. The molecule has 11 nitrogen and oxygen atoms in total. The van der Waals surface area contributed by atoms with Crippen molar-refractivity contribution in [1.29, 1.82) is 0 Å². The van der Waals surface area contributed by atoms with Crippen LogP contribution in [0, 0.1) is 0 Å². The molecule has 4 rings (SSSR count). The zero-order chi connectivity index (χ0) is 23.6. The van der Waals surface area contributed by atoms with E-state index in [2.05, 4.69) is 36.6 Å². The van der Waals surface area contributed by atoms with Crippen molar-refractivity contribution in [1.82, 2.24) is 24.9 Å². The number of tetrazole rings is 1. The molecule has 0 atom stereocenters. The molecule has 1 aliphatic heterocycles. The number of sulfonamides is 1. The lowest BCUT2D eigenvalue weighted by Gasteiger charge is -2.30. The molecule has 0 unspecified atom stereocenters. The van der Waals surface area contributed by atoms with Crippen LogP contribution in [-0.2, 0) is 14.8 Å². The zero-order valence-electron chi connectivity index (χ0n) is 17.4. The van der Waals surface area contributed by atoms with E-state index in [0.29, 0.717) is 52.6 Å². The molecule has 1 saturated heterocycles. The topological polar surface area (TPSA) is 148 Å². The first-order valence-corrected chi connectivity index (χ1v) is 13.3. The maximum atomic E-state index is 11.7. The summed E-state index contributed by atoms with van der Waals surface area (Å²) in [6.45, 7) is 0.343. The molecule has 0 saturated carbocycles. The Hall–Kier alpha value is -2.55. The Morgan fingerprint density at radius 1 is 1.33 bits per heavy atom. The van der Waals surface area contributed by atoms with Gasteiger partial charge in [0.1, 0.15) is 16.7 Å².